The van der Waals surface area contributed by atoms with Crippen molar-refractivity contribution in [3.63, 3.8) is 0 Å². The number of rotatable bonds is 9. The van der Waals surface area contributed by atoms with Crippen molar-refractivity contribution in [2.75, 3.05) is 31.7 Å². The first-order valence-electron chi connectivity index (χ1n) is 14.4. The fourth-order valence-electron chi connectivity index (χ4n) is 4.62. The van der Waals surface area contributed by atoms with Gasteiger partial charge in [0.25, 0.3) is 0 Å². The maximum atomic E-state index is 16.8. The topological polar surface area (TPSA) is 130 Å². The van der Waals surface area contributed by atoms with Crippen molar-refractivity contribution in [1.29, 1.82) is 0 Å². The van der Waals surface area contributed by atoms with Gasteiger partial charge in [0.2, 0.25) is 0 Å². The molecule has 0 bridgehead atoms. The Morgan fingerprint density at radius 3 is 2.42 bits per heavy atom. The van der Waals surface area contributed by atoms with Crippen LogP contribution >= 0.6 is 12.0 Å². The van der Waals surface area contributed by atoms with E-state index in [1.165, 1.54) is 24.8 Å². The van der Waals surface area contributed by atoms with Crippen molar-refractivity contribution in [3.05, 3.63) is 77.6 Å². The van der Waals surface area contributed by atoms with Crippen LogP contribution in [0.3, 0.4) is 0 Å². The molecule has 4 rings (SSSR count). The molecule has 0 aliphatic carbocycles. The third-order valence-electron chi connectivity index (χ3n) is 6.79. The lowest BCUT2D eigenvalue weighted by molar-refractivity contribution is -0.171. The van der Waals surface area contributed by atoms with Crippen molar-refractivity contribution in [2.24, 2.45) is 0 Å². The number of halogens is 4. The quantitative estimate of drug-likeness (QED) is 0.153. The van der Waals surface area contributed by atoms with E-state index in [4.69, 9.17) is 13.7 Å². The van der Waals surface area contributed by atoms with Gasteiger partial charge >= 0.3 is 29.4 Å². The van der Waals surface area contributed by atoms with Crippen LogP contribution in [0.15, 0.2) is 55.1 Å². The van der Waals surface area contributed by atoms with Gasteiger partial charge in [0, 0.05) is 24.4 Å². The average Bonchev–Trinajstić information content (AvgIpc) is 3.57. The van der Waals surface area contributed by atoms with E-state index < -0.39 is 71.4 Å². The number of imidazole rings is 1. The number of methoxy groups -OCH3 is 1. The van der Waals surface area contributed by atoms with Crippen LogP contribution < -0.4 is 9.64 Å². The fourth-order valence-corrected chi connectivity index (χ4v) is 5.17. The summed E-state index contributed by atoms with van der Waals surface area (Å²) in [5, 5.41) is -0.639. The Hall–Kier alpha value is -4.64. The number of esters is 1. The molecule has 1 aliphatic rings. The zero-order valence-corrected chi connectivity index (χ0v) is 27.1. The lowest BCUT2D eigenvalue weighted by Crippen LogP contribution is -2.46. The largest absolute Gasteiger partial charge is 0.491 e. The summed E-state index contributed by atoms with van der Waals surface area (Å²) in [7, 11) is 0.891. The van der Waals surface area contributed by atoms with Crippen LogP contribution in [-0.2, 0) is 36.2 Å². The highest BCUT2D eigenvalue weighted by molar-refractivity contribution is 8.09. The molecule has 1 atom stereocenters. The molecule has 2 amide bonds. The van der Waals surface area contributed by atoms with Crippen molar-refractivity contribution in [1.82, 2.24) is 14.5 Å². The molecule has 3 aromatic rings. The van der Waals surface area contributed by atoms with Gasteiger partial charge in [-0.2, -0.15) is 13.2 Å². The van der Waals surface area contributed by atoms with Gasteiger partial charge in [0.05, 0.1) is 38.8 Å². The van der Waals surface area contributed by atoms with Gasteiger partial charge < -0.3 is 19.1 Å². The molecule has 2 aromatic carbocycles. The molecule has 0 spiro atoms. The second kappa shape index (κ2) is 15.1. The lowest BCUT2D eigenvalue weighted by atomic mass is 9.95. The van der Waals surface area contributed by atoms with Crippen LogP contribution in [0.1, 0.15) is 43.6 Å². The Kier molecular flexibility index (Phi) is 11.4. The number of hydrogen-bond acceptors (Lipinski definition) is 10. The van der Waals surface area contributed by atoms with Gasteiger partial charge in [-0.3, -0.25) is 28.0 Å². The van der Waals surface area contributed by atoms with E-state index in [9.17, 15) is 32.3 Å². The number of carbonyl (C=O) groups excluding carboxylic acids is 4. The van der Waals surface area contributed by atoms with E-state index in [1.807, 2.05) is 0 Å². The Morgan fingerprint density at radius 1 is 1.10 bits per heavy atom. The van der Waals surface area contributed by atoms with E-state index in [-0.39, 0.29) is 35.6 Å². The Balaban J connectivity index is 1.84. The van der Waals surface area contributed by atoms with Crippen molar-refractivity contribution < 1.29 is 55.1 Å². The van der Waals surface area contributed by atoms with E-state index in [1.54, 1.807) is 51.1 Å². The standard InChI is InChI=1S/C31H32F4N4O8S/c1-30(2,3)46-28(42)38-15-21-20(23(16-38)47-48-29(43)37-12-11-36-18-37)14-22(45-13-10-19-8-6-5-7-9-19)26(25(21)32)39(17-24(40)44-4)27(41)31(33,34)35/h5-9,11-12,14,18,23H,10,13,15-17H2,1-4H3. The van der Waals surface area contributed by atoms with Crippen LogP contribution in [0.5, 0.6) is 5.75 Å². The van der Waals surface area contributed by atoms with Crippen molar-refractivity contribution in [3.8, 4) is 5.75 Å². The number of nitrogens with zero attached hydrogens (tertiary/aromatic N) is 4. The lowest BCUT2D eigenvalue weighted by Gasteiger charge is -2.36. The minimum atomic E-state index is -5.53. The van der Waals surface area contributed by atoms with E-state index >= 15 is 4.39 Å². The minimum Gasteiger partial charge on any atom is -0.491 e. The van der Waals surface area contributed by atoms with Crippen LogP contribution in [0.4, 0.5) is 32.8 Å². The minimum absolute atomic E-state index is 0.0224. The maximum Gasteiger partial charge on any atom is 0.471 e. The second-order valence-corrected chi connectivity index (χ2v) is 12.1. The first-order chi connectivity index (χ1) is 22.6. The molecule has 258 valence electrons. The molecule has 2 heterocycles. The van der Waals surface area contributed by atoms with E-state index in [2.05, 4.69) is 9.72 Å². The number of hydrogen-bond donors (Lipinski definition) is 0. The Morgan fingerprint density at radius 2 is 1.81 bits per heavy atom. The molecule has 12 nitrogen and oxygen atoms in total. The summed E-state index contributed by atoms with van der Waals surface area (Å²) in [6.07, 6.45) is -3.50. The maximum absolute atomic E-state index is 16.8. The summed E-state index contributed by atoms with van der Waals surface area (Å²) in [5.74, 6) is -5.75. The molecule has 1 unspecified atom stereocenters. The highest BCUT2D eigenvalue weighted by atomic mass is 32.2. The Bertz CT molecular complexity index is 1630. The molecular weight excluding hydrogens is 664 g/mol. The zero-order chi connectivity index (χ0) is 35.2. The summed E-state index contributed by atoms with van der Waals surface area (Å²) in [6, 6.07) is 10.0. The predicted octanol–water partition coefficient (Wildman–Crippen LogP) is 5.84. The molecule has 1 aromatic heterocycles. The third-order valence-corrected chi connectivity index (χ3v) is 7.47. The normalized spacial score (nSPS) is 14.6. The number of benzene rings is 2. The summed E-state index contributed by atoms with van der Waals surface area (Å²) in [5.41, 5.74) is -1.52. The zero-order valence-electron chi connectivity index (χ0n) is 26.3. The molecule has 0 fully saturated rings. The molecule has 17 heteroatoms. The van der Waals surface area contributed by atoms with Crippen LogP contribution in [0.2, 0.25) is 0 Å². The summed E-state index contributed by atoms with van der Waals surface area (Å²) in [6.45, 7) is 2.52. The molecule has 0 saturated heterocycles. The van der Waals surface area contributed by atoms with Gasteiger partial charge in [-0.15, -0.1) is 0 Å². The second-order valence-electron chi connectivity index (χ2n) is 11.4. The Labute approximate surface area is 277 Å². The predicted molar refractivity (Wildman–Crippen MR) is 164 cm³/mol. The fraction of sp³-hybridized carbons (Fsp3) is 0.387. The van der Waals surface area contributed by atoms with E-state index in [0.717, 1.165) is 22.1 Å². The third kappa shape index (κ3) is 9.03. The molecule has 0 saturated carbocycles. The van der Waals surface area contributed by atoms with Crippen LogP contribution in [0, 0.1) is 5.82 Å². The summed E-state index contributed by atoms with van der Waals surface area (Å²) >= 11 is 0.356. The first kappa shape index (κ1) is 36.2. The van der Waals surface area contributed by atoms with Crippen molar-refractivity contribution in [2.45, 2.75) is 51.6 Å². The highest BCUT2D eigenvalue weighted by Gasteiger charge is 2.46. The molecule has 0 radical (unpaired) electrons. The molecule has 48 heavy (non-hydrogen) atoms. The monoisotopic (exact) mass is 696 g/mol. The number of anilines is 1. The smallest absolute Gasteiger partial charge is 0.471 e. The molecular formula is C31H32F4N4O8S. The summed E-state index contributed by atoms with van der Waals surface area (Å²) in [4.78, 5) is 55.4. The van der Waals surface area contributed by atoms with Gasteiger partial charge in [0.1, 0.15) is 36.0 Å². The SMILES string of the molecule is COC(=O)CN(C(=O)C(F)(F)F)c1c(OCCc2ccccc2)cc2c(c1F)CN(C(=O)OC(C)(C)C)CC2OSC(=O)n1ccnc1. The number of ether oxygens (including phenoxy) is 3. The van der Waals surface area contributed by atoms with Crippen molar-refractivity contribution >= 4 is 40.9 Å². The van der Waals surface area contributed by atoms with Gasteiger partial charge in [-0.1, -0.05) is 30.3 Å². The molecule has 1 aliphatic heterocycles. The van der Waals surface area contributed by atoms with Gasteiger partial charge in [-0.25, -0.2) is 14.2 Å². The van der Waals surface area contributed by atoms with E-state index in [0.29, 0.717) is 12.0 Å². The number of alkyl halides is 3. The van der Waals surface area contributed by atoms with Gasteiger partial charge in [0.15, 0.2) is 5.82 Å². The average molecular weight is 697 g/mol. The number of carbonyl (C=O) groups is 4. The first-order valence-corrected chi connectivity index (χ1v) is 15.1. The molecule has 0 N–H and O–H groups in total. The number of aromatic nitrogens is 2. The highest BCUT2D eigenvalue weighted by Crippen LogP contribution is 2.44. The van der Waals surface area contributed by atoms with Crippen LogP contribution in [-0.4, -0.2) is 76.2 Å². The number of fused-ring (bicyclic) bond motifs is 1. The number of amides is 2. The van der Waals surface area contributed by atoms with Crippen LogP contribution in [0.25, 0.3) is 0 Å². The van der Waals surface area contributed by atoms with Gasteiger partial charge in [-0.05, 0) is 38.0 Å². The summed E-state index contributed by atoms with van der Waals surface area (Å²) < 4.78 is 81.0.